The Kier molecular flexibility index (Phi) is 6.01. The van der Waals surface area contributed by atoms with Gasteiger partial charge in [-0.15, -0.1) is 0 Å². The zero-order chi connectivity index (χ0) is 23.9. The van der Waals surface area contributed by atoms with Gasteiger partial charge in [0.15, 0.2) is 5.13 Å². The SMILES string of the molecule is COC(=O)c1sc(N2C(=O)C(=O)/C(=C(/O)c3ccc(F)cc3)[C@H]2c2cccc(Cl)c2)nc1C. The normalized spacial score (nSPS) is 17.5. The van der Waals surface area contributed by atoms with Crippen LogP contribution in [0.15, 0.2) is 54.1 Å². The van der Waals surface area contributed by atoms with Gasteiger partial charge in [-0.25, -0.2) is 14.2 Å². The number of hydrogen-bond acceptors (Lipinski definition) is 7. The van der Waals surface area contributed by atoms with Gasteiger partial charge in [-0.2, -0.15) is 0 Å². The lowest BCUT2D eigenvalue weighted by Gasteiger charge is -2.23. The number of thiazole rings is 1. The van der Waals surface area contributed by atoms with E-state index in [1.165, 1.54) is 19.2 Å². The fraction of sp³-hybridized carbons (Fsp3) is 0.130. The molecule has 1 aromatic heterocycles. The molecule has 0 aliphatic carbocycles. The molecule has 1 fully saturated rings. The van der Waals surface area contributed by atoms with Crippen molar-refractivity contribution in [1.82, 2.24) is 4.98 Å². The highest BCUT2D eigenvalue weighted by molar-refractivity contribution is 7.17. The topological polar surface area (TPSA) is 96.8 Å². The molecule has 3 aromatic rings. The first-order valence-corrected chi connectivity index (χ1v) is 10.8. The van der Waals surface area contributed by atoms with Crippen LogP contribution in [-0.4, -0.2) is 34.9 Å². The van der Waals surface area contributed by atoms with E-state index in [0.717, 1.165) is 28.4 Å². The highest BCUT2D eigenvalue weighted by Crippen LogP contribution is 2.44. The number of aliphatic hydroxyl groups is 1. The largest absolute Gasteiger partial charge is 0.507 e. The second kappa shape index (κ2) is 8.76. The maximum absolute atomic E-state index is 13.4. The van der Waals surface area contributed by atoms with Crippen LogP contribution >= 0.6 is 22.9 Å². The molecule has 10 heteroatoms. The summed E-state index contributed by atoms with van der Waals surface area (Å²) in [5.74, 6) is -3.50. The van der Waals surface area contributed by atoms with Gasteiger partial charge in [-0.1, -0.05) is 35.1 Å². The first-order chi connectivity index (χ1) is 15.7. The Balaban J connectivity index is 1.94. The molecule has 1 aliphatic heterocycles. The second-order valence-corrected chi connectivity index (χ2v) is 8.55. The lowest BCUT2D eigenvalue weighted by molar-refractivity contribution is -0.132. The number of amides is 1. The summed E-state index contributed by atoms with van der Waals surface area (Å²) in [5.41, 5.74) is 0.721. The van der Waals surface area contributed by atoms with E-state index in [4.69, 9.17) is 16.3 Å². The van der Waals surface area contributed by atoms with E-state index in [0.29, 0.717) is 16.3 Å². The highest BCUT2D eigenvalue weighted by atomic mass is 35.5. The van der Waals surface area contributed by atoms with E-state index in [1.54, 1.807) is 31.2 Å². The average Bonchev–Trinajstić information content (AvgIpc) is 3.30. The standard InChI is InChI=1S/C23H16ClFN2O5S/c1-11-20(22(31)32-2)33-23(26-11)27-17(13-4-3-5-14(24)10-13)16(19(29)21(27)30)18(28)12-6-8-15(25)9-7-12/h3-10,17,28H,1-2H3/b18-16+/t17-/m1/s1. The van der Waals surface area contributed by atoms with Crippen LogP contribution < -0.4 is 4.90 Å². The number of carbonyl (C=O) groups excluding carboxylic acids is 3. The van der Waals surface area contributed by atoms with E-state index in [9.17, 15) is 23.9 Å². The Bertz CT molecular complexity index is 1320. The first-order valence-electron chi connectivity index (χ1n) is 9.61. The van der Waals surface area contributed by atoms with Crippen molar-refractivity contribution in [2.75, 3.05) is 12.0 Å². The number of ether oxygens (including phenoxy) is 1. The summed E-state index contributed by atoms with van der Waals surface area (Å²) < 4.78 is 18.1. The number of anilines is 1. The lowest BCUT2D eigenvalue weighted by atomic mass is 9.95. The number of aliphatic hydroxyl groups excluding tert-OH is 1. The molecule has 7 nitrogen and oxygen atoms in total. The van der Waals surface area contributed by atoms with Crippen LogP contribution in [-0.2, 0) is 14.3 Å². The molecule has 0 saturated carbocycles. The number of methoxy groups -OCH3 is 1. The second-order valence-electron chi connectivity index (χ2n) is 7.13. The van der Waals surface area contributed by atoms with Gasteiger partial charge in [0.05, 0.1) is 24.4 Å². The first kappa shape index (κ1) is 22.6. The average molecular weight is 487 g/mol. The van der Waals surface area contributed by atoms with Crippen molar-refractivity contribution < 1.29 is 28.6 Å². The minimum Gasteiger partial charge on any atom is -0.507 e. The van der Waals surface area contributed by atoms with Crippen molar-refractivity contribution >= 4 is 51.5 Å². The highest BCUT2D eigenvalue weighted by Gasteiger charge is 2.48. The molecule has 1 atom stereocenters. The van der Waals surface area contributed by atoms with Gasteiger partial charge < -0.3 is 9.84 Å². The fourth-order valence-electron chi connectivity index (χ4n) is 3.55. The van der Waals surface area contributed by atoms with Crippen molar-refractivity contribution in [3.8, 4) is 0 Å². The Labute approximate surface area is 196 Å². The van der Waals surface area contributed by atoms with Crippen molar-refractivity contribution in [2.24, 2.45) is 0 Å². The van der Waals surface area contributed by atoms with E-state index < -0.39 is 35.3 Å². The molecule has 1 N–H and O–H groups in total. The number of nitrogens with zero attached hydrogens (tertiary/aromatic N) is 2. The maximum Gasteiger partial charge on any atom is 0.350 e. The molecular formula is C23H16ClFN2O5S. The van der Waals surface area contributed by atoms with Gasteiger partial charge in [0.1, 0.15) is 16.5 Å². The third kappa shape index (κ3) is 4.01. The Hall–Kier alpha value is -3.56. The predicted molar refractivity (Wildman–Crippen MR) is 121 cm³/mol. The number of esters is 1. The van der Waals surface area contributed by atoms with E-state index in [1.807, 2.05) is 0 Å². The molecule has 1 saturated heterocycles. The van der Waals surface area contributed by atoms with Gasteiger partial charge in [-0.05, 0) is 48.9 Å². The minimum atomic E-state index is -1.08. The van der Waals surface area contributed by atoms with E-state index in [2.05, 4.69) is 4.98 Å². The van der Waals surface area contributed by atoms with Crippen LogP contribution in [0.4, 0.5) is 9.52 Å². The quantitative estimate of drug-likeness (QED) is 0.249. The number of aryl methyl sites for hydroxylation is 1. The van der Waals surface area contributed by atoms with E-state index in [-0.39, 0.29) is 21.1 Å². The molecule has 1 aliphatic rings. The summed E-state index contributed by atoms with van der Waals surface area (Å²) in [6, 6.07) is 10.3. The molecule has 0 spiro atoms. The molecule has 1 amide bonds. The number of aromatic nitrogens is 1. The molecule has 2 aromatic carbocycles. The third-order valence-corrected chi connectivity index (χ3v) is 6.46. The number of carbonyl (C=O) groups is 3. The van der Waals surface area contributed by atoms with E-state index >= 15 is 0 Å². The summed E-state index contributed by atoms with van der Waals surface area (Å²) in [7, 11) is 1.22. The van der Waals surface area contributed by atoms with Gasteiger partial charge in [0.25, 0.3) is 5.78 Å². The Morgan fingerprint density at radius 3 is 2.55 bits per heavy atom. The van der Waals surface area contributed by atoms with Crippen LogP contribution in [0.25, 0.3) is 5.76 Å². The number of benzene rings is 2. The molecule has 0 radical (unpaired) electrons. The van der Waals surface area contributed by atoms with Crippen molar-refractivity contribution in [1.29, 1.82) is 0 Å². The maximum atomic E-state index is 13.4. The summed E-state index contributed by atoms with van der Waals surface area (Å²) in [6.45, 7) is 1.58. The van der Waals surface area contributed by atoms with Crippen LogP contribution in [0.1, 0.15) is 32.5 Å². The summed E-state index contributed by atoms with van der Waals surface area (Å²) in [5, 5.41) is 11.4. The monoisotopic (exact) mass is 486 g/mol. The van der Waals surface area contributed by atoms with Crippen LogP contribution in [0, 0.1) is 12.7 Å². The van der Waals surface area contributed by atoms with Crippen molar-refractivity contribution in [2.45, 2.75) is 13.0 Å². The van der Waals surface area contributed by atoms with Crippen LogP contribution in [0.5, 0.6) is 0 Å². The van der Waals surface area contributed by atoms with Crippen molar-refractivity contribution in [3.63, 3.8) is 0 Å². The van der Waals surface area contributed by atoms with Gasteiger partial charge in [0.2, 0.25) is 0 Å². The van der Waals surface area contributed by atoms with Crippen molar-refractivity contribution in [3.05, 3.63) is 86.6 Å². The minimum absolute atomic E-state index is 0.0816. The number of halogens is 2. The molecule has 2 heterocycles. The Morgan fingerprint density at radius 2 is 1.91 bits per heavy atom. The molecule has 0 unspecified atom stereocenters. The number of hydrogen-bond donors (Lipinski definition) is 1. The zero-order valence-corrected chi connectivity index (χ0v) is 18.9. The smallest absolute Gasteiger partial charge is 0.350 e. The Morgan fingerprint density at radius 1 is 1.21 bits per heavy atom. The summed E-state index contributed by atoms with van der Waals surface area (Å²) in [6.07, 6.45) is 0. The number of Topliss-reactive ketones (excluding diaryl/α,β-unsaturated/α-hetero) is 1. The van der Waals surface area contributed by atoms with Gasteiger partial charge in [0, 0.05) is 10.6 Å². The summed E-state index contributed by atoms with van der Waals surface area (Å²) >= 11 is 7.05. The number of ketones is 1. The van der Waals surface area contributed by atoms with Crippen LogP contribution in [0.3, 0.4) is 0 Å². The van der Waals surface area contributed by atoms with Gasteiger partial charge >= 0.3 is 11.9 Å². The van der Waals surface area contributed by atoms with Gasteiger partial charge in [-0.3, -0.25) is 14.5 Å². The lowest BCUT2D eigenvalue weighted by Crippen LogP contribution is -2.29. The fourth-order valence-corrected chi connectivity index (χ4v) is 4.76. The van der Waals surface area contributed by atoms with Crippen LogP contribution in [0.2, 0.25) is 5.02 Å². The summed E-state index contributed by atoms with van der Waals surface area (Å²) in [4.78, 5) is 43.9. The number of rotatable bonds is 4. The molecule has 0 bridgehead atoms. The molecule has 33 heavy (non-hydrogen) atoms. The molecule has 168 valence electrons. The predicted octanol–water partition coefficient (Wildman–Crippen LogP) is 4.66. The molecule has 4 rings (SSSR count). The zero-order valence-electron chi connectivity index (χ0n) is 17.3. The third-order valence-electron chi connectivity index (χ3n) is 5.09. The molecular weight excluding hydrogens is 471 g/mol.